The maximum Gasteiger partial charge on any atom is 0.416 e. The summed E-state index contributed by atoms with van der Waals surface area (Å²) in [6.07, 6.45) is -19.9. The fourth-order valence-electron chi connectivity index (χ4n) is 3.41. The highest BCUT2D eigenvalue weighted by Gasteiger charge is 2.38. The molecule has 2 aromatic carbocycles. The van der Waals surface area contributed by atoms with E-state index in [0.29, 0.717) is 46.9 Å². The summed E-state index contributed by atoms with van der Waals surface area (Å²) in [5.74, 6) is 0. The second-order valence-corrected chi connectivity index (χ2v) is 16.5. The Balaban J connectivity index is 0.000000250. The highest BCUT2D eigenvalue weighted by molar-refractivity contribution is 8.15. The summed E-state index contributed by atoms with van der Waals surface area (Å²) in [5, 5.41) is 0. The molecule has 22 heteroatoms. The van der Waals surface area contributed by atoms with E-state index in [1.165, 1.54) is 0 Å². The van der Waals surface area contributed by atoms with E-state index < -0.39 is 76.2 Å². The average molecular weight is 789 g/mol. The fourth-order valence-corrected chi connectivity index (χ4v) is 7.53. The lowest BCUT2D eigenvalue weighted by molar-refractivity contribution is -0.144. The van der Waals surface area contributed by atoms with Gasteiger partial charge in [0.25, 0.3) is 18.1 Å². The fraction of sp³-hybridized carbons (Fsp3) is 0.167. The molecule has 4 aromatic rings. The average Bonchev–Trinajstić information content (AvgIpc) is 3.57. The lowest BCUT2D eigenvalue weighted by atomic mass is 10.0. The zero-order chi connectivity index (χ0) is 35.3. The molecule has 0 spiro atoms. The summed E-state index contributed by atoms with van der Waals surface area (Å²) in [5.41, 5.74) is -6.72. The molecule has 0 unspecified atom stereocenters. The van der Waals surface area contributed by atoms with Gasteiger partial charge in [-0.25, -0.2) is 16.8 Å². The van der Waals surface area contributed by atoms with E-state index in [-0.39, 0.29) is 30.3 Å². The monoisotopic (exact) mass is 788 g/mol. The molecule has 0 saturated carbocycles. The second kappa shape index (κ2) is 12.8. The topological polar surface area (TPSA) is 68.3 Å². The quantitative estimate of drug-likeness (QED) is 0.153. The smallest absolute Gasteiger partial charge is 0.206 e. The standard InChI is InChI=1S/2C12H5ClF6O2S2/c2*13-23(20,21)10-2-1-9(22-10)6-3-7(11(14,15)16)5-8(4-6)12(17,18)19/h2*1-5H. The normalized spacial score (nSPS) is 13.3. The van der Waals surface area contributed by atoms with Gasteiger partial charge < -0.3 is 0 Å². The molecule has 0 aliphatic carbocycles. The van der Waals surface area contributed by atoms with Crippen molar-refractivity contribution in [3.63, 3.8) is 0 Å². The number of thiophene rings is 2. The first-order chi connectivity index (χ1) is 20.6. The van der Waals surface area contributed by atoms with Gasteiger partial charge in [0.2, 0.25) is 0 Å². The van der Waals surface area contributed by atoms with Crippen molar-refractivity contribution in [2.75, 3.05) is 0 Å². The summed E-state index contributed by atoms with van der Waals surface area (Å²) in [7, 11) is 1.94. The molecule has 0 amide bonds. The van der Waals surface area contributed by atoms with Gasteiger partial charge in [0.1, 0.15) is 8.42 Å². The van der Waals surface area contributed by atoms with E-state index in [4.69, 9.17) is 21.4 Å². The summed E-state index contributed by atoms with van der Waals surface area (Å²) in [4.78, 5) is -0.165. The van der Waals surface area contributed by atoms with Crippen LogP contribution in [0.4, 0.5) is 52.7 Å². The first kappa shape index (κ1) is 37.9. The molecule has 2 heterocycles. The largest absolute Gasteiger partial charge is 0.416 e. The Morgan fingerprint density at radius 3 is 0.848 bits per heavy atom. The van der Waals surface area contributed by atoms with Crippen LogP contribution in [-0.4, -0.2) is 16.8 Å². The van der Waals surface area contributed by atoms with Crippen LogP contribution in [0.2, 0.25) is 0 Å². The molecule has 2 aromatic heterocycles. The number of hydrogen-bond donors (Lipinski definition) is 0. The third-order valence-electron chi connectivity index (χ3n) is 5.39. The van der Waals surface area contributed by atoms with Crippen LogP contribution in [0.1, 0.15) is 22.3 Å². The molecule has 46 heavy (non-hydrogen) atoms. The van der Waals surface area contributed by atoms with Crippen LogP contribution < -0.4 is 0 Å². The van der Waals surface area contributed by atoms with Gasteiger partial charge in [-0.3, -0.25) is 0 Å². The summed E-state index contributed by atoms with van der Waals surface area (Å²) in [6.45, 7) is 0. The molecule has 0 fully saturated rings. The van der Waals surface area contributed by atoms with Crippen LogP contribution in [0, 0.1) is 0 Å². The molecular formula is C24H10Cl2F12O4S4. The van der Waals surface area contributed by atoms with E-state index in [0.717, 1.165) is 24.3 Å². The zero-order valence-corrected chi connectivity index (χ0v) is 26.1. The number of benzene rings is 2. The summed E-state index contributed by atoms with van der Waals surface area (Å²) in [6, 6.07) is 6.28. The van der Waals surface area contributed by atoms with Gasteiger partial charge in [0.05, 0.1) is 22.3 Å². The minimum Gasteiger partial charge on any atom is -0.206 e. The number of alkyl halides is 12. The van der Waals surface area contributed by atoms with Crippen molar-refractivity contribution in [3.8, 4) is 20.9 Å². The predicted molar refractivity (Wildman–Crippen MR) is 146 cm³/mol. The van der Waals surface area contributed by atoms with E-state index in [1.807, 2.05) is 0 Å². The van der Waals surface area contributed by atoms with Gasteiger partial charge >= 0.3 is 24.7 Å². The van der Waals surface area contributed by atoms with Crippen LogP contribution in [-0.2, 0) is 42.8 Å². The first-order valence-corrected chi connectivity index (χ1v) is 17.5. The van der Waals surface area contributed by atoms with E-state index >= 15 is 0 Å². The maximum absolute atomic E-state index is 12.8. The van der Waals surface area contributed by atoms with Crippen LogP contribution in [0.15, 0.2) is 69.1 Å². The van der Waals surface area contributed by atoms with E-state index in [1.54, 1.807) is 0 Å². The molecule has 4 rings (SSSR count). The van der Waals surface area contributed by atoms with Gasteiger partial charge in [0.15, 0.2) is 0 Å². The van der Waals surface area contributed by atoms with Gasteiger partial charge in [0, 0.05) is 31.1 Å². The molecule has 0 aliphatic heterocycles. The Bertz CT molecular complexity index is 1750. The van der Waals surface area contributed by atoms with Crippen molar-refractivity contribution in [1.29, 1.82) is 0 Å². The zero-order valence-electron chi connectivity index (χ0n) is 21.3. The van der Waals surface area contributed by atoms with Gasteiger partial charge in [-0.2, -0.15) is 52.7 Å². The molecule has 0 saturated heterocycles. The molecule has 0 aliphatic rings. The minimum absolute atomic E-state index is 0.00366. The predicted octanol–water partition coefficient (Wildman–Crippen LogP) is 10.8. The highest BCUT2D eigenvalue weighted by atomic mass is 35.7. The van der Waals surface area contributed by atoms with Crippen LogP contribution in [0.25, 0.3) is 20.9 Å². The first-order valence-electron chi connectivity index (χ1n) is 11.3. The van der Waals surface area contributed by atoms with Crippen LogP contribution in [0.3, 0.4) is 0 Å². The lowest BCUT2D eigenvalue weighted by Gasteiger charge is -2.13. The molecule has 4 nitrogen and oxygen atoms in total. The Morgan fingerprint density at radius 1 is 0.435 bits per heavy atom. The Morgan fingerprint density at radius 2 is 0.674 bits per heavy atom. The van der Waals surface area contributed by atoms with Crippen LogP contribution in [0.5, 0.6) is 0 Å². The third-order valence-corrected chi connectivity index (χ3v) is 11.8. The van der Waals surface area contributed by atoms with Gasteiger partial charge in [-0.1, -0.05) is 0 Å². The van der Waals surface area contributed by atoms with Gasteiger partial charge in [-0.05, 0) is 71.8 Å². The Hall–Kier alpha value is -2.52. The van der Waals surface area contributed by atoms with Crippen molar-refractivity contribution >= 4 is 62.1 Å². The van der Waals surface area contributed by atoms with E-state index in [2.05, 4.69) is 0 Å². The van der Waals surface area contributed by atoms with Crippen molar-refractivity contribution in [2.24, 2.45) is 0 Å². The lowest BCUT2D eigenvalue weighted by Crippen LogP contribution is -2.10. The van der Waals surface area contributed by atoms with Crippen molar-refractivity contribution in [2.45, 2.75) is 33.1 Å². The SMILES string of the molecule is O=S(=O)(Cl)c1ccc(-c2cc(C(F)(F)F)cc(C(F)(F)F)c2)s1.O=S(=O)(Cl)c1ccc(-c2cc(C(F)(F)F)cc(C(F)(F)F)c2)s1. The molecular weight excluding hydrogens is 779 g/mol. The van der Waals surface area contributed by atoms with Crippen molar-refractivity contribution in [1.82, 2.24) is 0 Å². The van der Waals surface area contributed by atoms with Gasteiger partial charge in [-0.15, -0.1) is 22.7 Å². The Kier molecular flexibility index (Phi) is 10.6. The number of halogens is 14. The maximum atomic E-state index is 12.8. The summed E-state index contributed by atoms with van der Waals surface area (Å²) >= 11 is 0.954. The minimum atomic E-state index is -4.98. The van der Waals surface area contributed by atoms with Crippen LogP contribution >= 0.6 is 44.0 Å². The van der Waals surface area contributed by atoms with Crippen molar-refractivity contribution < 1.29 is 69.5 Å². The Labute approximate surface area is 267 Å². The third kappa shape index (κ3) is 9.75. The molecule has 0 N–H and O–H groups in total. The molecule has 0 bridgehead atoms. The van der Waals surface area contributed by atoms with Crippen molar-refractivity contribution in [3.05, 3.63) is 82.9 Å². The number of hydrogen-bond acceptors (Lipinski definition) is 6. The van der Waals surface area contributed by atoms with E-state index in [9.17, 15) is 69.5 Å². The molecule has 0 atom stereocenters. The molecule has 252 valence electrons. The molecule has 0 radical (unpaired) electrons. The number of rotatable bonds is 4. The highest BCUT2D eigenvalue weighted by Crippen LogP contribution is 2.42. The summed E-state index contributed by atoms with van der Waals surface area (Å²) < 4.78 is 197. The second-order valence-electron chi connectivity index (χ2n) is 8.70.